The minimum absolute atomic E-state index is 0.415. The highest BCUT2D eigenvalue weighted by Gasteiger charge is 2.35. The molecule has 0 bridgehead atoms. The molecule has 2 heterocycles. The first-order valence-corrected chi connectivity index (χ1v) is 8.32. The number of fused-ring (bicyclic) bond motifs is 3. The monoisotopic (exact) mass is 294 g/mol. The smallest absolute Gasteiger partial charge is 0.158 e. The Bertz CT molecular complexity index is 653. The van der Waals surface area contributed by atoms with E-state index in [1.54, 1.807) is 0 Å². The Kier molecular flexibility index (Phi) is 3.36. The maximum absolute atomic E-state index is 2.45. The third kappa shape index (κ3) is 2.42. The molecule has 0 aromatic heterocycles. The average Bonchev–Trinajstić information content (AvgIpc) is 3.08. The molecule has 0 amide bonds. The van der Waals surface area contributed by atoms with Crippen LogP contribution < -0.4 is 4.90 Å². The highest BCUT2D eigenvalue weighted by Crippen LogP contribution is 2.46. The molecule has 4 rings (SSSR count). The Morgan fingerprint density at radius 2 is 1.71 bits per heavy atom. The second-order valence-corrected chi connectivity index (χ2v) is 6.54. The molecule has 2 nitrogen and oxygen atoms in total. The van der Waals surface area contributed by atoms with E-state index in [2.05, 4.69) is 76.8 Å². The quantitative estimate of drug-likeness (QED) is 0.830. The largest absolute Gasteiger partial charge is 0.347 e. The number of benzene rings is 2. The van der Waals surface area contributed by atoms with Crippen molar-refractivity contribution in [3.63, 3.8) is 0 Å². The molecule has 21 heavy (non-hydrogen) atoms. The van der Waals surface area contributed by atoms with Gasteiger partial charge in [-0.25, -0.2) is 0 Å². The van der Waals surface area contributed by atoms with Crippen LogP contribution in [0.15, 0.2) is 71.9 Å². The zero-order valence-corrected chi connectivity index (χ0v) is 12.7. The number of hydrogen-bond donors (Lipinski definition) is 0. The summed E-state index contributed by atoms with van der Waals surface area (Å²) < 4.78 is 0. The second kappa shape index (κ2) is 5.49. The molecule has 0 fully saturated rings. The van der Waals surface area contributed by atoms with Crippen LogP contribution in [0.3, 0.4) is 0 Å². The van der Waals surface area contributed by atoms with Crippen molar-refractivity contribution < 1.29 is 0 Å². The van der Waals surface area contributed by atoms with Gasteiger partial charge in [-0.1, -0.05) is 54.2 Å². The molecule has 2 aliphatic heterocycles. The normalized spacial score (nSPS) is 19.0. The van der Waals surface area contributed by atoms with Gasteiger partial charge >= 0.3 is 0 Å². The van der Waals surface area contributed by atoms with E-state index in [0.717, 1.165) is 13.0 Å². The van der Waals surface area contributed by atoms with Gasteiger partial charge in [0.15, 0.2) is 5.50 Å². The lowest BCUT2D eigenvalue weighted by Crippen LogP contribution is -2.33. The average molecular weight is 294 g/mol. The van der Waals surface area contributed by atoms with Crippen molar-refractivity contribution in [2.75, 3.05) is 11.4 Å². The summed E-state index contributed by atoms with van der Waals surface area (Å²) in [6.07, 6.45) is 6.79. The molecule has 2 aromatic rings. The molecule has 0 spiro atoms. The lowest BCUT2D eigenvalue weighted by atomic mass is 10.1. The summed E-state index contributed by atoms with van der Waals surface area (Å²) in [5.41, 5.74) is 3.19. The number of aryl methyl sites for hydroxylation is 1. The fraction of sp³-hybridized carbons (Fsp3) is 0.222. The van der Waals surface area contributed by atoms with Gasteiger partial charge < -0.3 is 9.80 Å². The number of nitrogens with zero attached hydrogens (tertiary/aromatic N) is 2. The van der Waals surface area contributed by atoms with Gasteiger partial charge in [0.2, 0.25) is 0 Å². The number of thioether (sulfide) groups is 1. The molecule has 0 radical (unpaired) electrons. The SMILES string of the molecule is C1=CN2c3ccccc3SC2N1CCCc1ccccc1. The first kappa shape index (κ1) is 12.8. The fourth-order valence-electron chi connectivity index (χ4n) is 2.97. The van der Waals surface area contributed by atoms with Crippen LogP contribution in [-0.2, 0) is 6.42 Å². The van der Waals surface area contributed by atoms with Crippen molar-refractivity contribution in [2.24, 2.45) is 0 Å². The first-order chi connectivity index (χ1) is 10.4. The number of para-hydroxylation sites is 1. The van der Waals surface area contributed by atoms with Crippen LogP contribution >= 0.6 is 11.8 Å². The van der Waals surface area contributed by atoms with Gasteiger partial charge in [0.1, 0.15) is 0 Å². The van der Waals surface area contributed by atoms with Crippen LogP contribution in [-0.4, -0.2) is 16.9 Å². The van der Waals surface area contributed by atoms with Gasteiger partial charge in [0, 0.05) is 23.8 Å². The third-order valence-corrected chi connectivity index (χ3v) is 5.35. The summed E-state index contributed by atoms with van der Waals surface area (Å²) in [6, 6.07) is 19.4. The van der Waals surface area contributed by atoms with Crippen molar-refractivity contribution in [1.82, 2.24) is 4.90 Å². The standard InChI is InChI=1S/C18H18N2S/c1-2-7-15(8-3-1)9-6-12-19-13-14-20-16-10-4-5-11-17(16)21-18(19)20/h1-5,7-8,10-11,13-14,18H,6,9,12H2. The van der Waals surface area contributed by atoms with Crippen molar-refractivity contribution in [3.05, 3.63) is 72.6 Å². The number of rotatable bonds is 4. The maximum atomic E-state index is 2.45. The van der Waals surface area contributed by atoms with Crippen LogP contribution in [0.25, 0.3) is 0 Å². The summed E-state index contributed by atoms with van der Waals surface area (Å²) in [5.74, 6) is 0. The molecule has 2 aromatic carbocycles. The Morgan fingerprint density at radius 3 is 2.62 bits per heavy atom. The summed E-state index contributed by atoms with van der Waals surface area (Å²) in [5, 5.41) is 0. The topological polar surface area (TPSA) is 6.48 Å². The van der Waals surface area contributed by atoms with Crippen LogP contribution in [0.5, 0.6) is 0 Å². The van der Waals surface area contributed by atoms with Crippen LogP contribution in [0.1, 0.15) is 12.0 Å². The molecule has 106 valence electrons. The van der Waals surface area contributed by atoms with Gasteiger partial charge in [-0.15, -0.1) is 0 Å². The van der Waals surface area contributed by atoms with E-state index in [1.807, 2.05) is 11.8 Å². The molecule has 0 saturated carbocycles. The van der Waals surface area contributed by atoms with E-state index >= 15 is 0 Å². The highest BCUT2D eigenvalue weighted by molar-refractivity contribution is 8.00. The van der Waals surface area contributed by atoms with E-state index in [0.29, 0.717) is 5.50 Å². The summed E-state index contributed by atoms with van der Waals surface area (Å²) in [7, 11) is 0. The summed E-state index contributed by atoms with van der Waals surface area (Å²) in [4.78, 5) is 6.22. The molecule has 1 unspecified atom stereocenters. The van der Waals surface area contributed by atoms with Gasteiger partial charge in [-0.05, 0) is 30.5 Å². The van der Waals surface area contributed by atoms with E-state index in [1.165, 1.54) is 22.6 Å². The van der Waals surface area contributed by atoms with E-state index in [4.69, 9.17) is 0 Å². The molecule has 3 heteroatoms. The van der Waals surface area contributed by atoms with Gasteiger partial charge in [0.05, 0.1) is 5.69 Å². The molecule has 0 aliphatic carbocycles. The predicted octanol–water partition coefficient (Wildman–Crippen LogP) is 4.30. The minimum Gasteiger partial charge on any atom is -0.347 e. The first-order valence-electron chi connectivity index (χ1n) is 7.44. The minimum atomic E-state index is 0.415. The molecular weight excluding hydrogens is 276 g/mol. The molecule has 0 saturated heterocycles. The number of anilines is 1. The fourth-order valence-corrected chi connectivity index (χ4v) is 4.25. The zero-order valence-electron chi connectivity index (χ0n) is 11.9. The van der Waals surface area contributed by atoms with Crippen molar-refractivity contribution in [1.29, 1.82) is 0 Å². The number of hydrogen-bond acceptors (Lipinski definition) is 3. The van der Waals surface area contributed by atoms with Crippen LogP contribution in [0, 0.1) is 0 Å². The Labute approximate surface area is 130 Å². The lowest BCUT2D eigenvalue weighted by Gasteiger charge is -2.26. The van der Waals surface area contributed by atoms with Crippen LogP contribution in [0.2, 0.25) is 0 Å². The Hall–Kier alpha value is -1.87. The van der Waals surface area contributed by atoms with E-state index < -0.39 is 0 Å². The summed E-state index contributed by atoms with van der Waals surface area (Å²) >= 11 is 1.95. The molecule has 1 atom stereocenters. The van der Waals surface area contributed by atoms with Gasteiger partial charge in [0.25, 0.3) is 0 Å². The van der Waals surface area contributed by atoms with E-state index in [-0.39, 0.29) is 0 Å². The lowest BCUT2D eigenvalue weighted by molar-refractivity contribution is 0.375. The van der Waals surface area contributed by atoms with E-state index in [9.17, 15) is 0 Å². The molecular formula is C18H18N2S. The van der Waals surface area contributed by atoms with Crippen LogP contribution in [0.4, 0.5) is 5.69 Å². The Morgan fingerprint density at radius 1 is 0.905 bits per heavy atom. The summed E-state index contributed by atoms with van der Waals surface area (Å²) in [6.45, 7) is 1.10. The predicted molar refractivity (Wildman–Crippen MR) is 89.2 cm³/mol. The molecule has 2 aliphatic rings. The highest BCUT2D eigenvalue weighted by atomic mass is 32.2. The second-order valence-electron chi connectivity index (χ2n) is 5.44. The third-order valence-electron chi connectivity index (χ3n) is 4.04. The van der Waals surface area contributed by atoms with Gasteiger partial charge in [-0.3, -0.25) is 0 Å². The molecule has 0 N–H and O–H groups in total. The van der Waals surface area contributed by atoms with Crippen molar-refractivity contribution >= 4 is 17.4 Å². The van der Waals surface area contributed by atoms with Gasteiger partial charge in [-0.2, -0.15) is 0 Å². The van der Waals surface area contributed by atoms with Crippen molar-refractivity contribution in [3.8, 4) is 0 Å². The Balaban J connectivity index is 1.38. The van der Waals surface area contributed by atoms with Crippen molar-refractivity contribution in [2.45, 2.75) is 23.2 Å². The maximum Gasteiger partial charge on any atom is 0.158 e. The zero-order chi connectivity index (χ0) is 14.1.